The summed E-state index contributed by atoms with van der Waals surface area (Å²) in [7, 11) is -3.64. The first-order valence-electron chi connectivity index (χ1n) is 9.79. The Kier molecular flexibility index (Phi) is 7.21. The van der Waals surface area contributed by atoms with Crippen molar-refractivity contribution < 1.29 is 13.2 Å². The van der Waals surface area contributed by atoms with E-state index in [2.05, 4.69) is 34.0 Å². The second-order valence-electron chi connectivity index (χ2n) is 7.01. The molecule has 29 heavy (non-hydrogen) atoms. The molecule has 0 bridgehead atoms. The molecule has 8 heteroatoms. The highest BCUT2D eigenvalue weighted by atomic mass is 32.2. The first-order chi connectivity index (χ1) is 13.9. The average Bonchev–Trinajstić information content (AvgIpc) is 2.84. The number of fused-ring (bicyclic) bond motifs is 1. The van der Waals surface area contributed by atoms with Crippen molar-refractivity contribution in [3.05, 3.63) is 48.5 Å². The minimum atomic E-state index is -3.64. The lowest BCUT2D eigenvalue weighted by Gasteiger charge is -2.23. The van der Waals surface area contributed by atoms with E-state index < -0.39 is 10.0 Å². The van der Waals surface area contributed by atoms with Crippen molar-refractivity contribution in [2.75, 3.05) is 29.9 Å². The molecule has 1 amide bonds. The highest BCUT2D eigenvalue weighted by Gasteiger charge is 2.22. The highest BCUT2D eigenvalue weighted by Crippen LogP contribution is 2.36. The van der Waals surface area contributed by atoms with Crippen LogP contribution in [0, 0.1) is 0 Å². The lowest BCUT2D eigenvalue weighted by atomic mass is 10.2. The summed E-state index contributed by atoms with van der Waals surface area (Å²) in [5, 5.41) is 2.97. The van der Waals surface area contributed by atoms with Gasteiger partial charge in [0.25, 0.3) is 0 Å². The minimum absolute atomic E-state index is 0.0909. The van der Waals surface area contributed by atoms with Gasteiger partial charge in [-0.2, -0.15) is 0 Å². The molecule has 0 radical (unpaired) electrons. The Morgan fingerprint density at radius 3 is 2.69 bits per heavy atom. The summed E-state index contributed by atoms with van der Waals surface area (Å²) < 4.78 is 28.1. The molecule has 0 saturated heterocycles. The number of benzene rings is 2. The van der Waals surface area contributed by atoms with Crippen molar-refractivity contribution in [1.29, 1.82) is 0 Å². The molecular weight excluding hydrogens is 406 g/mol. The van der Waals surface area contributed by atoms with Gasteiger partial charge in [0.15, 0.2) is 0 Å². The smallest absolute Gasteiger partial charge is 0.240 e. The van der Waals surface area contributed by atoms with Crippen LogP contribution in [0.15, 0.2) is 58.3 Å². The molecule has 0 aliphatic carbocycles. The predicted molar refractivity (Wildman–Crippen MR) is 119 cm³/mol. The molecule has 156 valence electrons. The van der Waals surface area contributed by atoms with Gasteiger partial charge in [0.05, 0.1) is 10.6 Å². The molecule has 0 spiro atoms. The number of para-hydroxylation sites is 1. The van der Waals surface area contributed by atoms with Crippen LogP contribution in [0.5, 0.6) is 0 Å². The third kappa shape index (κ3) is 5.74. The predicted octanol–water partition coefficient (Wildman–Crippen LogP) is 3.70. The fourth-order valence-electron chi connectivity index (χ4n) is 3.27. The van der Waals surface area contributed by atoms with Crippen LogP contribution >= 0.6 is 11.8 Å². The van der Waals surface area contributed by atoms with Crippen LogP contribution in [-0.4, -0.2) is 39.2 Å². The lowest BCUT2D eigenvalue weighted by Crippen LogP contribution is -2.30. The van der Waals surface area contributed by atoms with Gasteiger partial charge in [-0.3, -0.25) is 4.79 Å². The number of amides is 1. The Morgan fingerprint density at radius 2 is 1.97 bits per heavy atom. The maximum Gasteiger partial charge on any atom is 0.240 e. The topological polar surface area (TPSA) is 78.5 Å². The fraction of sp³-hybridized carbons (Fsp3) is 0.381. The van der Waals surface area contributed by atoms with Gasteiger partial charge in [-0.1, -0.05) is 25.1 Å². The van der Waals surface area contributed by atoms with Gasteiger partial charge in [-0.15, -0.1) is 11.8 Å². The normalized spacial score (nSPS) is 16.6. The van der Waals surface area contributed by atoms with E-state index >= 15 is 0 Å². The van der Waals surface area contributed by atoms with E-state index in [1.165, 1.54) is 0 Å². The minimum Gasteiger partial charge on any atom is -0.372 e. The monoisotopic (exact) mass is 433 g/mol. The Hall–Kier alpha value is -2.03. The molecular formula is C21H27N3O3S2. The zero-order valence-electron chi connectivity index (χ0n) is 16.7. The summed E-state index contributed by atoms with van der Waals surface area (Å²) in [6.07, 6.45) is 1.10. The van der Waals surface area contributed by atoms with E-state index in [9.17, 15) is 13.2 Å². The standard InChI is InChI=1S/C21H27N3O3S2/c1-3-24(17-8-5-4-6-9-17)13-7-12-22-29(26,27)18-10-11-20-19(15-18)23-21(25)14-16(2)28-20/h4-6,8-11,15-16,22H,3,7,12-14H2,1-2H3,(H,23,25)/t16-/m0/s1. The van der Waals surface area contributed by atoms with Crippen LogP contribution in [0.2, 0.25) is 0 Å². The molecule has 0 aromatic heterocycles. The van der Waals surface area contributed by atoms with Crippen LogP contribution in [0.1, 0.15) is 26.7 Å². The van der Waals surface area contributed by atoms with E-state index in [1.807, 2.05) is 25.1 Å². The second-order valence-corrected chi connectivity index (χ2v) is 10.3. The average molecular weight is 434 g/mol. The number of carbonyl (C=O) groups is 1. The first kappa shape index (κ1) is 21.7. The summed E-state index contributed by atoms with van der Waals surface area (Å²) in [4.78, 5) is 15.2. The second kappa shape index (κ2) is 9.65. The van der Waals surface area contributed by atoms with Crippen molar-refractivity contribution >= 4 is 39.1 Å². The molecule has 2 aromatic carbocycles. The molecule has 0 unspecified atom stereocenters. The molecule has 1 aliphatic heterocycles. The van der Waals surface area contributed by atoms with Crippen molar-refractivity contribution in [3.8, 4) is 0 Å². The van der Waals surface area contributed by atoms with Crippen LogP contribution < -0.4 is 14.9 Å². The zero-order chi connectivity index (χ0) is 20.9. The van der Waals surface area contributed by atoms with Crippen molar-refractivity contribution in [3.63, 3.8) is 0 Å². The number of anilines is 2. The highest BCUT2D eigenvalue weighted by molar-refractivity contribution is 8.00. The van der Waals surface area contributed by atoms with Gasteiger partial charge in [0, 0.05) is 41.9 Å². The van der Waals surface area contributed by atoms with Gasteiger partial charge >= 0.3 is 0 Å². The summed E-state index contributed by atoms with van der Waals surface area (Å²) in [6, 6.07) is 15.0. The van der Waals surface area contributed by atoms with Crippen molar-refractivity contribution in [2.45, 2.75) is 41.7 Å². The molecule has 0 saturated carbocycles. The summed E-state index contributed by atoms with van der Waals surface area (Å²) in [5.74, 6) is -0.0909. The van der Waals surface area contributed by atoms with E-state index in [-0.39, 0.29) is 16.1 Å². The molecule has 1 aliphatic rings. The maximum atomic E-state index is 12.7. The van der Waals surface area contributed by atoms with Gasteiger partial charge < -0.3 is 10.2 Å². The third-order valence-corrected chi connectivity index (χ3v) is 7.37. The van der Waals surface area contributed by atoms with E-state index in [0.29, 0.717) is 25.1 Å². The Bertz CT molecular complexity index is 949. The Balaban J connectivity index is 1.61. The molecule has 3 rings (SSSR count). The summed E-state index contributed by atoms with van der Waals surface area (Å²) in [6.45, 7) is 6.04. The first-order valence-corrected chi connectivity index (χ1v) is 12.2. The zero-order valence-corrected chi connectivity index (χ0v) is 18.4. The van der Waals surface area contributed by atoms with Crippen LogP contribution in [0.4, 0.5) is 11.4 Å². The number of rotatable bonds is 8. The number of hydrogen-bond donors (Lipinski definition) is 2. The molecule has 0 fully saturated rings. The molecule has 1 heterocycles. The molecule has 2 N–H and O–H groups in total. The fourth-order valence-corrected chi connectivity index (χ4v) is 5.42. The maximum absolute atomic E-state index is 12.7. The summed E-state index contributed by atoms with van der Waals surface area (Å²) >= 11 is 1.58. The Morgan fingerprint density at radius 1 is 1.21 bits per heavy atom. The number of nitrogens with zero attached hydrogens (tertiary/aromatic N) is 1. The SMILES string of the molecule is CCN(CCCNS(=O)(=O)c1ccc2c(c1)NC(=O)C[C@H](C)S2)c1ccccc1. The van der Waals surface area contributed by atoms with Gasteiger partial charge in [-0.05, 0) is 43.7 Å². The number of hydrogen-bond acceptors (Lipinski definition) is 5. The summed E-state index contributed by atoms with van der Waals surface area (Å²) in [5.41, 5.74) is 1.69. The molecule has 6 nitrogen and oxygen atoms in total. The van der Waals surface area contributed by atoms with Crippen LogP contribution in [-0.2, 0) is 14.8 Å². The van der Waals surface area contributed by atoms with Crippen molar-refractivity contribution in [1.82, 2.24) is 4.72 Å². The van der Waals surface area contributed by atoms with Crippen LogP contribution in [0.3, 0.4) is 0 Å². The number of thioether (sulfide) groups is 1. The van der Waals surface area contributed by atoms with E-state index in [1.54, 1.807) is 30.0 Å². The van der Waals surface area contributed by atoms with Gasteiger partial charge in [-0.25, -0.2) is 13.1 Å². The molecule has 1 atom stereocenters. The Labute approximate surface area is 177 Å². The van der Waals surface area contributed by atoms with Gasteiger partial charge in [0.2, 0.25) is 15.9 Å². The van der Waals surface area contributed by atoms with Crippen molar-refractivity contribution in [2.24, 2.45) is 0 Å². The van der Waals surface area contributed by atoms with Gasteiger partial charge in [0.1, 0.15) is 0 Å². The number of carbonyl (C=O) groups excluding carboxylic acids is 1. The number of sulfonamides is 1. The number of nitrogens with one attached hydrogen (secondary N) is 2. The third-order valence-electron chi connectivity index (χ3n) is 4.74. The molecule has 2 aromatic rings. The van der Waals surface area contributed by atoms with E-state index in [0.717, 1.165) is 23.7 Å². The quantitative estimate of drug-likeness (QED) is 0.621. The lowest BCUT2D eigenvalue weighted by molar-refractivity contribution is -0.116. The van der Waals surface area contributed by atoms with Crippen LogP contribution in [0.25, 0.3) is 0 Å². The largest absolute Gasteiger partial charge is 0.372 e. The van der Waals surface area contributed by atoms with E-state index in [4.69, 9.17) is 0 Å².